The average Bonchev–Trinajstić information content (AvgIpc) is 3.06. The molecule has 8 heteroatoms. The largest absolute Gasteiger partial charge is 0.315 e. The van der Waals surface area contributed by atoms with Gasteiger partial charge in [-0.25, -0.2) is 13.1 Å². The Morgan fingerprint density at radius 2 is 2.29 bits per heavy atom. The van der Waals surface area contributed by atoms with E-state index in [4.69, 9.17) is 0 Å². The normalized spacial score (nSPS) is 20.2. The van der Waals surface area contributed by atoms with Crippen molar-refractivity contribution in [1.82, 2.24) is 24.7 Å². The molecule has 0 radical (unpaired) electrons. The van der Waals surface area contributed by atoms with Crippen molar-refractivity contribution in [3.63, 3.8) is 0 Å². The van der Waals surface area contributed by atoms with Crippen LogP contribution in [-0.2, 0) is 16.6 Å². The van der Waals surface area contributed by atoms with Gasteiger partial charge in [-0.05, 0) is 32.5 Å². The van der Waals surface area contributed by atoms with Crippen molar-refractivity contribution < 1.29 is 8.42 Å². The smallest absolute Gasteiger partial charge is 0.243 e. The maximum absolute atomic E-state index is 12.2. The van der Waals surface area contributed by atoms with Crippen LogP contribution in [0.15, 0.2) is 17.3 Å². The number of nitrogens with zero attached hydrogens (tertiary/aromatic N) is 3. The number of sulfonamides is 1. The van der Waals surface area contributed by atoms with E-state index >= 15 is 0 Å². The van der Waals surface area contributed by atoms with Crippen LogP contribution in [-0.4, -0.2) is 62.9 Å². The van der Waals surface area contributed by atoms with E-state index in [1.807, 2.05) is 6.92 Å². The molecule has 2 heterocycles. The van der Waals surface area contributed by atoms with Gasteiger partial charge in [0.1, 0.15) is 4.90 Å². The average molecular weight is 315 g/mol. The van der Waals surface area contributed by atoms with Crippen molar-refractivity contribution in [2.45, 2.75) is 24.8 Å². The standard InChI is InChI=1S/C13H25N5O2S/c1-3-14-5-7-18-11-13(9-15-18)21(19,20)16-8-12-4-6-17(2)10-12/h9,11-12,14,16H,3-8,10H2,1-2H3. The predicted octanol–water partition coefficient (Wildman–Crippen LogP) is -0.277. The van der Waals surface area contributed by atoms with Crippen molar-refractivity contribution in [2.75, 3.05) is 39.8 Å². The Morgan fingerprint density at radius 1 is 1.48 bits per heavy atom. The Bertz CT molecular complexity index is 543. The van der Waals surface area contributed by atoms with Crippen molar-refractivity contribution in [1.29, 1.82) is 0 Å². The minimum Gasteiger partial charge on any atom is -0.315 e. The van der Waals surface area contributed by atoms with Crippen molar-refractivity contribution >= 4 is 10.0 Å². The fraction of sp³-hybridized carbons (Fsp3) is 0.769. The van der Waals surface area contributed by atoms with Crippen molar-refractivity contribution in [3.05, 3.63) is 12.4 Å². The summed E-state index contributed by atoms with van der Waals surface area (Å²) in [4.78, 5) is 2.46. The molecule has 1 aliphatic rings. The Kier molecular flexibility index (Phi) is 5.74. The van der Waals surface area contributed by atoms with Crippen LogP contribution in [0.1, 0.15) is 13.3 Å². The van der Waals surface area contributed by atoms with Gasteiger partial charge >= 0.3 is 0 Å². The maximum atomic E-state index is 12.2. The number of rotatable bonds is 8. The topological polar surface area (TPSA) is 79.3 Å². The second-order valence-electron chi connectivity index (χ2n) is 5.56. The molecule has 0 amide bonds. The molecule has 1 aromatic rings. The Morgan fingerprint density at radius 3 is 2.95 bits per heavy atom. The van der Waals surface area contributed by atoms with Crippen LogP contribution in [0.3, 0.4) is 0 Å². The molecule has 2 N–H and O–H groups in total. The summed E-state index contributed by atoms with van der Waals surface area (Å²) in [6.07, 6.45) is 4.04. The molecule has 1 fully saturated rings. The molecule has 0 spiro atoms. The number of likely N-dealkylation sites (N-methyl/N-ethyl adjacent to an activating group) is 1. The molecule has 120 valence electrons. The minimum absolute atomic E-state index is 0.241. The zero-order chi connectivity index (χ0) is 15.3. The summed E-state index contributed by atoms with van der Waals surface area (Å²) in [5, 5.41) is 7.28. The molecule has 2 rings (SSSR count). The second-order valence-corrected chi connectivity index (χ2v) is 7.33. The van der Waals surface area contributed by atoms with Gasteiger partial charge in [-0.3, -0.25) is 4.68 Å². The zero-order valence-corrected chi connectivity index (χ0v) is 13.6. The summed E-state index contributed by atoms with van der Waals surface area (Å²) in [7, 11) is -1.39. The zero-order valence-electron chi connectivity index (χ0n) is 12.7. The fourth-order valence-electron chi connectivity index (χ4n) is 2.48. The van der Waals surface area contributed by atoms with Gasteiger partial charge < -0.3 is 10.2 Å². The lowest BCUT2D eigenvalue weighted by Gasteiger charge is -2.11. The van der Waals surface area contributed by atoms with Crippen LogP contribution in [0.5, 0.6) is 0 Å². The SMILES string of the molecule is CCNCCn1cc(S(=O)(=O)NCC2CCN(C)C2)cn1. The Labute approximate surface area is 126 Å². The first-order chi connectivity index (χ1) is 10.0. The minimum atomic E-state index is -3.45. The highest BCUT2D eigenvalue weighted by Crippen LogP contribution is 2.14. The molecule has 1 aromatic heterocycles. The molecule has 0 aliphatic carbocycles. The van der Waals surface area contributed by atoms with E-state index in [0.29, 0.717) is 19.0 Å². The summed E-state index contributed by atoms with van der Waals surface area (Å²) in [6, 6.07) is 0. The lowest BCUT2D eigenvalue weighted by atomic mass is 10.1. The fourth-order valence-corrected chi connectivity index (χ4v) is 3.55. The van der Waals surface area contributed by atoms with E-state index in [1.54, 1.807) is 10.9 Å². The van der Waals surface area contributed by atoms with Crippen molar-refractivity contribution in [2.24, 2.45) is 5.92 Å². The molecule has 21 heavy (non-hydrogen) atoms. The van der Waals surface area contributed by atoms with E-state index in [1.165, 1.54) is 6.20 Å². The first-order valence-corrected chi connectivity index (χ1v) is 8.91. The molecular weight excluding hydrogens is 290 g/mol. The molecular formula is C13H25N5O2S. The van der Waals surface area contributed by atoms with Crippen LogP contribution >= 0.6 is 0 Å². The van der Waals surface area contributed by atoms with Gasteiger partial charge in [0.2, 0.25) is 10.0 Å². The van der Waals surface area contributed by atoms with Crippen LogP contribution < -0.4 is 10.0 Å². The van der Waals surface area contributed by atoms with Crippen LogP contribution in [0.25, 0.3) is 0 Å². The van der Waals surface area contributed by atoms with Gasteiger partial charge in [-0.1, -0.05) is 6.92 Å². The molecule has 0 bridgehead atoms. The summed E-state index contributed by atoms with van der Waals surface area (Å²) in [5.74, 6) is 0.397. The molecule has 0 saturated carbocycles. The second kappa shape index (κ2) is 7.35. The van der Waals surface area contributed by atoms with E-state index in [-0.39, 0.29) is 4.90 Å². The van der Waals surface area contributed by atoms with Crippen LogP contribution in [0, 0.1) is 5.92 Å². The molecule has 1 saturated heterocycles. The third-order valence-corrected chi connectivity index (χ3v) is 5.12. The van der Waals surface area contributed by atoms with Gasteiger partial charge in [0, 0.05) is 25.8 Å². The van der Waals surface area contributed by atoms with E-state index in [0.717, 1.165) is 32.6 Å². The number of likely N-dealkylation sites (tertiary alicyclic amines) is 1. The third-order valence-electron chi connectivity index (χ3n) is 3.74. The summed E-state index contributed by atoms with van der Waals surface area (Å²) in [6.45, 7) is 6.85. The van der Waals surface area contributed by atoms with Gasteiger partial charge in [0.05, 0.1) is 12.7 Å². The number of hydrogen-bond donors (Lipinski definition) is 2. The summed E-state index contributed by atoms with van der Waals surface area (Å²) < 4.78 is 28.8. The molecule has 7 nitrogen and oxygen atoms in total. The lowest BCUT2D eigenvalue weighted by molar-refractivity contribution is 0.394. The highest BCUT2D eigenvalue weighted by molar-refractivity contribution is 7.89. The third kappa shape index (κ3) is 4.77. The number of aromatic nitrogens is 2. The van der Waals surface area contributed by atoms with Crippen LogP contribution in [0.2, 0.25) is 0 Å². The summed E-state index contributed by atoms with van der Waals surface area (Å²) in [5.41, 5.74) is 0. The monoisotopic (exact) mass is 315 g/mol. The van der Waals surface area contributed by atoms with E-state index < -0.39 is 10.0 Å². The first-order valence-electron chi connectivity index (χ1n) is 7.42. The van der Waals surface area contributed by atoms with Crippen LogP contribution in [0.4, 0.5) is 0 Å². The molecule has 0 aromatic carbocycles. The number of hydrogen-bond acceptors (Lipinski definition) is 5. The summed E-state index contributed by atoms with van der Waals surface area (Å²) >= 11 is 0. The maximum Gasteiger partial charge on any atom is 0.243 e. The predicted molar refractivity (Wildman–Crippen MR) is 81.6 cm³/mol. The Hall–Kier alpha value is -0.960. The molecule has 1 atom stereocenters. The van der Waals surface area contributed by atoms with Gasteiger partial charge in [-0.15, -0.1) is 0 Å². The quantitative estimate of drug-likeness (QED) is 0.645. The van der Waals surface area contributed by atoms with E-state index in [9.17, 15) is 8.42 Å². The molecule has 1 aliphatic heterocycles. The van der Waals surface area contributed by atoms with Gasteiger partial charge in [-0.2, -0.15) is 5.10 Å². The van der Waals surface area contributed by atoms with E-state index in [2.05, 4.69) is 27.1 Å². The molecule has 1 unspecified atom stereocenters. The highest BCUT2D eigenvalue weighted by atomic mass is 32.2. The Balaban J connectivity index is 1.87. The van der Waals surface area contributed by atoms with Crippen molar-refractivity contribution in [3.8, 4) is 0 Å². The first kappa shape index (κ1) is 16.4. The van der Waals surface area contributed by atoms with Gasteiger partial charge in [0.15, 0.2) is 0 Å². The highest BCUT2D eigenvalue weighted by Gasteiger charge is 2.23. The number of nitrogens with one attached hydrogen (secondary N) is 2. The van der Waals surface area contributed by atoms with Gasteiger partial charge in [0.25, 0.3) is 0 Å². The lowest BCUT2D eigenvalue weighted by Crippen LogP contribution is -2.30.